The number of fused-ring (bicyclic) bond motifs is 1. The summed E-state index contributed by atoms with van der Waals surface area (Å²) in [5.74, 6) is 0.695. The quantitative estimate of drug-likeness (QED) is 0.788. The van der Waals surface area contributed by atoms with E-state index in [2.05, 4.69) is 46.9 Å². The van der Waals surface area contributed by atoms with Crippen molar-refractivity contribution in [2.24, 2.45) is 5.92 Å². The molecule has 0 unspecified atom stereocenters. The van der Waals surface area contributed by atoms with Crippen LogP contribution in [-0.4, -0.2) is 30.5 Å². The van der Waals surface area contributed by atoms with Gasteiger partial charge in [-0.1, -0.05) is 18.2 Å². The van der Waals surface area contributed by atoms with E-state index in [1.807, 2.05) is 0 Å². The van der Waals surface area contributed by atoms with Crippen molar-refractivity contribution < 1.29 is 4.79 Å². The van der Waals surface area contributed by atoms with Crippen LogP contribution in [0.15, 0.2) is 24.4 Å². The number of nitrogens with one attached hydrogen (secondary N) is 3. The van der Waals surface area contributed by atoms with E-state index in [1.165, 1.54) is 22.0 Å². The molecule has 1 saturated heterocycles. The largest absolute Gasteiger partial charge is 0.361 e. The molecular formula is C17H23N3O. The van der Waals surface area contributed by atoms with Crippen molar-refractivity contribution in [3.63, 3.8) is 0 Å². The molecule has 0 bridgehead atoms. The van der Waals surface area contributed by atoms with Crippen molar-refractivity contribution in [1.29, 1.82) is 0 Å². The van der Waals surface area contributed by atoms with Gasteiger partial charge < -0.3 is 15.6 Å². The maximum atomic E-state index is 11.9. The van der Waals surface area contributed by atoms with E-state index in [0.717, 1.165) is 25.9 Å². The second-order valence-electron chi connectivity index (χ2n) is 5.97. The number of aryl methyl sites for hydroxylation is 1. The van der Waals surface area contributed by atoms with Gasteiger partial charge in [-0.2, -0.15) is 0 Å². The summed E-state index contributed by atoms with van der Waals surface area (Å²) < 4.78 is 0. The minimum atomic E-state index is 0.180. The molecule has 1 aromatic carbocycles. The predicted octanol–water partition coefficient (Wildman–Crippen LogP) is 2.13. The van der Waals surface area contributed by atoms with Crippen molar-refractivity contribution in [3.8, 4) is 0 Å². The molecule has 1 aliphatic rings. The Labute approximate surface area is 125 Å². The molecule has 4 heteroatoms. The van der Waals surface area contributed by atoms with Crippen molar-refractivity contribution in [2.75, 3.05) is 19.6 Å². The lowest BCUT2D eigenvalue weighted by atomic mass is 10.0. The highest BCUT2D eigenvalue weighted by atomic mass is 16.1. The fourth-order valence-corrected chi connectivity index (χ4v) is 3.13. The van der Waals surface area contributed by atoms with Gasteiger partial charge in [0.1, 0.15) is 0 Å². The highest BCUT2D eigenvalue weighted by Crippen LogP contribution is 2.21. The van der Waals surface area contributed by atoms with Gasteiger partial charge in [0, 0.05) is 30.1 Å². The number of benzene rings is 1. The molecule has 0 aliphatic carbocycles. The molecule has 0 spiro atoms. The second kappa shape index (κ2) is 6.31. The highest BCUT2D eigenvalue weighted by Gasteiger charge is 2.17. The molecule has 2 heterocycles. The molecule has 0 radical (unpaired) electrons. The van der Waals surface area contributed by atoms with Crippen LogP contribution < -0.4 is 10.6 Å². The third kappa shape index (κ3) is 3.27. The number of H-pyrrole nitrogens is 1. The standard InChI is InChI=1S/C17H23N3O/c1-12-3-2-4-15-14(11-20-17(12)15)6-8-19-16(21)9-13-5-7-18-10-13/h2-4,11,13,18,20H,5-10H2,1H3,(H,19,21)/t13-/m0/s1. The molecule has 112 valence electrons. The number of amides is 1. The lowest BCUT2D eigenvalue weighted by Crippen LogP contribution is -2.28. The van der Waals surface area contributed by atoms with Crippen LogP contribution in [0.4, 0.5) is 0 Å². The third-order valence-electron chi connectivity index (χ3n) is 4.36. The number of aromatic nitrogens is 1. The lowest BCUT2D eigenvalue weighted by Gasteiger charge is -2.08. The summed E-state index contributed by atoms with van der Waals surface area (Å²) in [6, 6.07) is 6.33. The first-order valence-corrected chi connectivity index (χ1v) is 7.77. The first-order chi connectivity index (χ1) is 10.2. The summed E-state index contributed by atoms with van der Waals surface area (Å²) >= 11 is 0. The molecule has 1 amide bonds. The average Bonchev–Trinajstić information content (AvgIpc) is 3.10. The normalized spacial score (nSPS) is 18.2. The van der Waals surface area contributed by atoms with Crippen LogP contribution in [-0.2, 0) is 11.2 Å². The Morgan fingerprint density at radius 3 is 3.14 bits per heavy atom. The Balaban J connectivity index is 1.52. The Kier molecular flexibility index (Phi) is 4.25. The maximum Gasteiger partial charge on any atom is 0.220 e. The highest BCUT2D eigenvalue weighted by molar-refractivity contribution is 5.86. The molecule has 1 aromatic heterocycles. The fourth-order valence-electron chi connectivity index (χ4n) is 3.13. The van der Waals surface area contributed by atoms with Gasteiger partial charge in [-0.15, -0.1) is 0 Å². The summed E-state index contributed by atoms with van der Waals surface area (Å²) in [7, 11) is 0. The Morgan fingerprint density at radius 2 is 2.33 bits per heavy atom. The first-order valence-electron chi connectivity index (χ1n) is 7.77. The number of carbonyl (C=O) groups excluding carboxylic acids is 1. The minimum Gasteiger partial charge on any atom is -0.361 e. The molecule has 1 fully saturated rings. The van der Waals surface area contributed by atoms with Crippen molar-refractivity contribution >= 4 is 16.8 Å². The van der Waals surface area contributed by atoms with Crippen LogP contribution >= 0.6 is 0 Å². The van der Waals surface area contributed by atoms with E-state index in [0.29, 0.717) is 18.9 Å². The predicted molar refractivity (Wildman–Crippen MR) is 85.3 cm³/mol. The molecule has 2 aromatic rings. The van der Waals surface area contributed by atoms with Crippen LogP contribution in [0.1, 0.15) is 24.0 Å². The second-order valence-corrected chi connectivity index (χ2v) is 5.97. The van der Waals surface area contributed by atoms with E-state index in [-0.39, 0.29) is 5.91 Å². The van der Waals surface area contributed by atoms with Crippen molar-refractivity contribution in [2.45, 2.75) is 26.2 Å². The van der Waals surface area contributed by atoms with E-state index in [4.69, 9.17) is 0 Å². The number of rotatable bonds is 5. The molecule has 1 atom stereocenters. The summed E-state index contributed by atoms with van der Waals surface area (Å²) in [5.41, 5.74) is 3.74. The Hall–Kier alpha value is -1.81. The van der Waals surface area contributed by atoms with Gasteiger partial charge in [-0.25, -0.2) is 0 Å². The number of aromatic amines is 1. The van der Waals surface area contributed by atoms with Crippen LogP contribution in [0.25, 0.3) is 10.9 Å². The van der Waals surface area contributed by atoms with Crippen LogP contribution in [0.2, 0.25) is 0 Å². The molecular weight excluding hydrogens is 262 g/mol. The SMILES string of the molecule is Cc1cccc2c(CCNC(=O)C[C@@H]3CCNC3)c[nH]c12. The maximum absolute atomic E-state index is 11.9. The number of hydrogen-bond donors (Lipinski definition) is 3. The first kappa shape index (κ1) is 14.1. The van der Waals surface area contributed by atoms with Gasteiger partial charge in [0.15, 0.2) is 0 Å². The van der Waals surface area contributed by atoms with Gasteiger partial charge in [0.2, 0.25) is 5.91 Å². The summed E-state index contributed by atoms with van der Waals surface area (Å²) in [6.45, 7) is 4.85. The Morgan fingerprint density at radius 1 is 1.43 bits per heavy atom. The minimum absolute atomic E-state index is 0.180. The summed E-state index contributed by atoms with van der Waals surface area (Å²) in [6.07, 6.45) is 4.71. The zero-order valence-corrected chi connectivity index (χ0v) is 12.5. The topological polar surface area (TPSA) is 56.9 Å². The van der Waals surface area contributed by atoms with Gasteiger partial charge >= 0.3 is 0 Å². The van der Waals surface area contributed by atoms with Crippen LogP contribution in [0, 0.1) is 12.8 Å². The Bertz CT molecular complexity index is 626. The smallest absolute Gasteiger partial charge is 0.220 e. The van der Waals surface area contributed by atoms with E-state index in [1.54, 1.807) is 0 Å². The van der Waals surface area contributed by atoms with Crippen LogP contribution in [0.3, 0.4) is 0 Å². The summed E-state index contributed by atoms with van der Waals surface area (Å²) in [5, 5.41) is 7.61. The van der Waals surface area contributed by atoms with Crippen molar-refractivity contribution in [1.82, 2.24) is 15.6 Å². The number of carbonyl (C=O) groups is 1. The number of hydrogen-bond acceptors (Lipinski definition) is 2. The van der Waals surface area contributed by atoms with Gasteiger partial charge in [-0.05, 0) is 49.9 Å². The molecule has 4 nitrogen and oxygen atoms in total. The molecule has 21 heavy (non-hydrogen) atoms. The van der Waals surface area contributed by atoms with Crippen molar-refractivity contribution in [3.05, 3.63) is 35.5 Å². The van der Waals surface area contributed by atoms with E-state index in [9.17, 15) is 4.79 Å². The summed E-state index contributed by atoms with van der Waals surface area (Å²) in [4.78, 5) is 15.2. The monoisotopic (exact) mass is 285 g/mol. The lowest BCUT2D eigenvalue weighted by molar-refractivity contribution is -0.121. The fraction of sp³-hybridized carbons (Fsp3) is 0.471. The molecule has 1 aliphatic heterocycles. The molecule has 3 N–H and O–H groups in total. The van der Waals surface area contributed by atoms with E-state index < -0.39 is 0 Å². The average molecular weight is 285 g/mol. The molecule has 0 saturated carbocycles. The van der Waals surface area contributed by atoms with Gasteiger partial charge in [0.05, 0.1) is 0 Å². The van der Waals surface area contributed by atoms with Gasteiger partial charge in [0.25, 0.3) is 0 Å². The van der Waals surface area contributed by atoms with Crippen LogP contribution in [0.5, 0.6) is 0 Å². The number of para-hydroxylation sites is 1. The van der Waals surface area contributed by atoms with Gasteiger partial charge in [-0.3, -0.25) is 4.79 Å². The zero-order chi connectivity index (χ0) is 14.7. The van der Waals surface area contributed by atoms with E-state index >= 15 is 0 Å². The third-order valence-corrected chi connectivity index (χ3v) is 4.36. The zero-order valence-electron chi connectivity index (χ0n) is 12.5. The molecule has 3 rings (SSSR count).